The van der Waals surface area contributed by atoms with Crippen LogP contribution in [0.2, 0.25) is 0 Å². The van der Waals surface area contributed by atoms with E-state index in [1.54, 1.807) is 11.1 Å². The second-order valence-electron chi connectivity index (χ2n) is 2.27. The van der Waals surface area contributed by atoms with E-state index in [1.807, 2.05) is 0 Å². The Bertz CT molecular complexity index is 182. The zero-order valence-corrected chi connectivity index (χ0v) is 6.84. The van der Waals surface area contributed by atoms with Crippen LogP contribution in [0.25, 0.3) is 0 Å². The van der Waals surface area contributed by atoms with E-state index in [-0.39, 0.29) is 17.0 Å². The molecule has 0 bridgehead atoms. The van der Waals surface area contributed by atoms with Gasteiger partial charge in [0, 0.05) is 0 Å². The second-order valence-corrected chi connectivity index (χ2v) is 2.27. The Morgan fingerprint density at radius 3 is 1.56 bits per heavy atom. The molecular weight excluding hydrogens is 176 g/mol. The van der Waals surface area contributed by atoms with Crippen LogP contribution in [0.1, 0.15) is 11.1 Å². The van der Waals surface area contributed by atoms with E-state index >= 15 is 0 Å². The molecule has 0 spiro atoms. The zero-order chi connectivity index (χ0) is 5.40. The van der Waals surface area contributed by atoms with Crippen LogP contribution in [0.15, 0.2) is 24.3 Å². The molecule has 1 heteroatoms. The fraction of sp³-hybridized carbons (Fsp3) is 0.250. The SMILES string of the molecule is Br.c1ccc2c(c1)CC2. The highest BCUT2D eigenvalue weighted by molar-refractivity contribution is 8.93. The van der Waals surface area contributed by atoms with Crippen molar-refractivity contribution >= 4 is 17.0 Å². The lowest BCUT2D eigenvalue weighted by Crippen LogP contribution is -2.06. The minimum absolute atomic E-state index is 0. The molecule has 0 saturated heterocycles. The molecule has 0 N–H and O–H groups in total. The van der Waals surface area contributed by atoms with Gasteiger partial charge in [-0.15, -0.1) is 17.0 Å². The van der Waals surface area contributed by atoms with Crippen molar-refractivity contribution in [1.29, 1.82) is 0 Å². The smallest absolute Gasteiger partial charge is 0.0235 e. The number of aryl methyl sites for hydroxylation is 2. The maximum atomic E-state index is 2.21. The van der Waals surface area contributed by atoms with Crippen molar-refractivity contribution in [3.8, 4) is 0 Å². The first-order valence-electron chi connectivity index (χ1n) is 3.03. The van der Waals surface area contributed by atoms with Crippen molar-refractivity contribution in [2.45, 2.75) is 12.8 Å². The Balaban J connectivity index is 0.000000405. The minimum Gasteiger partial charge on any atom is -0.114 e. The normalized spacial score (nSPS) is 12.9. The highest BCUT2D eigenvalue weighted by Crippen LogP contribution is 2.20. The third-order valence-corrected chi connectivity index (χ3v) is 1.78. The zero-order valence-electron chi connectivity index (χ0n) is 5.13. The first-order chi connectivity index (χ1) is 3.97. The number of fused-ring (bicyclic) bond motifs is 1. The summed E-state index contributed by atoms with van der Waals surface area (Å²) in [6.07, 6.45) is 2.60. The largest absolute Gasteiger partial charge is 0.114 e. The van der Waals surface area contributed by atoms with Gasteiger partial charge in [-0.25, -0.2) is 0 Å². The molecule has 0 atom stereocenters. The van der Waals surface area contributed by atoms with Crippen LogP contribution in [-0.2, 0) is 12.8 Å². The minimum atomic E-state index is 0. The van der Waals surface area contributed by atoms with Gasteiger partial charge >= 0.3 is 0 Å². The monoisotopic (exact) mass is 184 g/mol. The molecule has 0 amide bonds. The first kappa shape index (κ1) is 6.81. The van der Waals surface area contributed by atoms with E-state index in [2.05, 4.69) is 24.3 Å². The van der Waals surface area contributed by atoms with Crippen molar-refractivity contribution in [2.24, 2.45) is 0 Å². The topological polar surface area (TPSA) is 0 Å². The molecule has 2 rings (SSSR count). The maximum Gasteiger partial charge on any atom is -0.0235 e. The summed E-state index contributed by atoms with van der Waals surface area (Å²) in [5.74, 6) is 0. The van der Waals surface area contributed by atoms with Crippen molar-refractivity contribution in [3.63, 3.8) is 0 Å². The third-order valence-electron chi connectivity index (χ3n) is 1.78. The van der Waals surface area contributed by atoms with Crippen LogP contribution in [-0.4, -0.2) is 0 Å². The van der Waals surface area contributed by atoms with Gasteiger partial charge in [0.1, 0.15) is 0 Å². The summed E-state index contributed by atoms with van der Waals surface area (Å²) in [7, 11) is 0. The van der Waals surface area contributed by atoms with Gasteiger partial charge in [0.25, 0.3) is 0 Å². The number of rotatable bonds is 0. The molecular formula is C8H9Br. The Morgan fingerprint density at radius 1 is 0.889 bits per heavy atom. The van der Waals surface area contributed by atoms with Gasteiger partial charge in [0.2, 0.25) is 0 Å². The van der Waals surface area contributed by atoms with E-state index in [0.717, 1.165) is 0 Å². The summed E-state index contributed by atoms with van der Waals surface area (Å²) in [6.45, 7) is 0. The Hall–Kier alpha value is -0.300. The lowest BCUT2D eigenvalue weighted by atomic mass is 9.89. The predicted molar refractivity (Wildman–Crippen MR) is 44.2 cm³/mol. The van der Waals surface area contributed by atoms with Crippen molar-refractivity contribution < 1.29 is 0 Å². The summed E-state index contributed by atoms with van der Waals surface area (Å²) < 4.78 is 0. The first-order valence-corrected chi connectivity index (χ1v) is 3.03. The quantitative estimate of drug-likeness (QED) is 0.582. The van der Waals surface area contributed by atoms with Gasteiger partial charge < -0.3 is 0 Å². The third kappa shape index (κ3) is 1.01. The van der Waals surface area contributed by atoms with E-state index in [1.165, 1.54) is 12.8 Å². The molecule has 0 unspecified atom stereocenters. The lowest BCUT2D eigenvalue weighted by molar-refractivity contribution is 0.839. The molecule has 0 aromatic heterocycles. The summed E-state index contributed by atoms with van der Waals surface area (Å²) in [6, 6.07) is 8.63. The van der Waals surface area contributed by atoms with Gasteiger partial charge in [-0.05, 0) is 24.0 Å². The standard InChI is InChI=1S/C8H8.BrH/c1-2-4-8-6-5-7(8)3-1;/h1-4H,5-6H2;1H. The van der Waals surface area contributed by atoms with Gasteiger partial charge in [-0.1, -0.05) is 24.3 Å². The average Bonchev–Trinajstić information content (AvgIpc) is 1.72. The molecule has 1 aromatic carbocycles. The number of hydrogen-bond acceptors (Lipinski definition) is 0. The molecule has 0 aliphatic heterocycles. The summed E-state index contributed by atoms with van der Waals surface area (Å²) >= 11 is 0. The van der Waals surface area contributed by atoms with Crippen LogP contribution < -0.4 is 0 Å². The van der Waals surface area contributed by atoms with E-state index < -0.39 is 0 Å². The van der Waals surface area contributed by atoms with Crippen LogP contribution in [0.3, 0.4) is 0 Å². The Morgan fingerprint density at radius 2 is 1.33 bits per heavy atom. The Labute approximate surface area is 65.7 Å². The molecule has 9 heavy (non-hydrogen) atoms. The molecule has 1 aliphatic rings. The number of halogens is 1. The molecule has 1 aromatic rings. The number of benzene rings is 1. The van der Waals surface area contributed by atoms with Crippen LogP contribution >= 0.6 is 17.0 Å². The molecule has 0 heterocycles. The fourth-order valence-corrected chi connectivity index (χ4v) is 1.14. The molecule has 48 valence electrons. The van der Waals surface area contributed by atoms with Gasteiger partial charge in [0.05, 0.1) is 0 Å². The van der Waals surface area contributed by atoms with Gasteiger partial charge in [-0.3, -0.25) is 0 Å². The number of hydrogen-bond donors (Lipinski definition) is 0. The van der Waals surface area contributed by atoms with Crippen LogP contribution in [0.5, 0.6) is 0 Å². The van der Waals surface area contributed by atoms with Gasteiger partial charge in [-0.2, -0.15) is 0 Å². The highest BCUT2D eigenvalue weighted by atomic mass is 79.9. The van der Waals surface area contributed by atoms with Crippen LogP contribution in [0, 0.1) is 0 Å². The highest BCUT2D eigenvalue weighted by Gasteiger charge is 2.09. The predicted octanol–water partition coefficient (Wildman–Crippen LogP) is 2.36. The van der Waals surface area contributed by atoms with E-state index in [4.69, 9.17) is 0 Å². The molecule has 0 fully saturated rings. The van der Waals surface area contributed by atoms with Crippen molar-refractivity contribution in [1.82, 2.24) is 0 Å². The lowest BCUT2D eigenvalue weighted by Gasteiger charge is -2.16. The molecule has 0 nitrogen and oxygen atoms in total. The van der Waals surface area contributed by atoms with E-state index in [0.29, 0.717) is 0 Å². The molecule has 0 radical (unpaired) electrons. The van der Waals surface area contributed by atoms with E-state index in [9.17, 15) is 0 Å². The van der Waals surface area contributed by atoms with Crippen LogP contribution in [0.4, 0.5) is 0 Å². The summed E-state index contributed by atoms with van der Waals surface area (Å²) in [5, 5.41) is 0. The van der Waals surface area contributed by atoms with Crippen molar-refractivity contribution in [2.75, 3.05) is 0 Å². The second kappa shape index (κ2) is 2.53. The average molecular weight is 185 g/mol. The van der Waals surface area contributed by atoms with Crippen molar-refractivity contribution in [3.05, 3.63) is 35.4 Å². The Kier molecular flexibility index (Phi) is 1.91. The molecule has 0 saturated carbocycles. The maximum absolute atomic E-state index is 2.21. The van der Waals surface area contributed by atoms with Gasteiger partial charge in [0.15, 0.2) is 0 Å². The summed E-state index contributed by atoms with van der Waals surface area (Å²) in [5.41, 5.74) is 3.10. The fourth-order valence-electron chi connectivity index (χ4n) is 1.14. The molecule has 1 aliphatic carbocycles. The summed E-state index contributed by atoms with van der Waals surface area (Å²) in [4.78, 5) is 0.